The fraction of sp³-hybridized carbons (Fsp3) is 0.611. The molecule has 6 aliphatic carbocycles. The highest BCUT2D eigenvalue weighted by atomic mass is 19.1. The van der Waals surface area contributed by atoms with E-state index in [9.17, 15) is 9.18 Å². The Morgan fingerprint density at radius 2 is 1.57 bits per heavy atom. The van der Waals surface area contributed by atoms with Crippen LogP contribution in [-0.4, -0.2) is 11.9 Å². The lowest BCUT2D eigenvalue weighted by molar-refractivity contribution is 0.0919. The number of carbonyl (C=O) groups is 1. The molecule has 0 aliphatic heterocycles. The summed E-state index contributed by atoms with van der Waals surface area (Å²) in [7, 11) is 0. The van der Waals surface area contributed by atoms with E-state index in [4.69, 9.17) is 0 Å². The molecule has 6 saturated carbocycles. The summed E-state index contributed by atoms with van der Waals surface area (Å²) in [4.78, 5) is 12.5. The number of hydrogen-bond donors (Lipinski definition) is 1. The monoisotopic (exact) mass is 283 g/mol. The first kappa shape index (κ1) is 11.2. The van der Waals surface area contributed by atoms with Crippen molar-refractivity contribution in [3.05, 3.63) is 35.6 Å². The molecule has 1 aromatic rings. The molecule has 1 amide bonds. The number of halogens is 1. The maximum Gasteiger partial charge on any atom is 0.254 e. The first-order valence-corrected chi connectivity index (χ1v) is 8.31. The van der Waals surface area contributed by atoms with Gasteiger partial charge in [0.25, 0.3) is 5.91 Å². The molecule has 6 fully saturated rings. The number of rotatable bonds is 2. The van der Waals surface area contributed by atoms with E-state index in [1.807, 2.05) is 0 Å². The van der Waals surface area contributed by atoms with Crippen molar-refractivity contribution in [3.63, 3.8) is 0 Å². The molecule has 0 heterocycles. The van der Waals surface area contributed by atoms with Gasteiger partial charge in [0.05, 0.1) is 5.56 Å². The van der Waals surface area contributed by atoms with Crippen LogP contribution in [0.4, 0.5) is 4.39 Å². The van der Waals surface area contributed by atoms with Crippen LogP contribution in [-0.2, 0) is 0 Å². The molecule has 7 rings (SSSR count). The van der Waals surface area contributed by atoms with Crippen LogP contribution in [0, 0.1) is 53.2 Å². The second-order valence-electron chi connectivity index (χ2n) is 7.92. The highest BCUT2D eigenvalue weighted by Crippen LogP contribution is 2.82. The molecule has 0 aromatic heterocycles. The van der Waals surface area contributed by atoms with Gasteiger partial charge in [-0.05, 0) is 72.3 Å². The standard InChI is InChI=1S/C18H18FNO/c19-12-4-2-1-3-7(12)18(21)20-17-15-10-5-8-9-6-11(13(8)15)16(17)14(9)10/h1-4,8-11,13-17H,5-6H2,(H,20,21). The van der Waals surface area contributed by atoms with Crippen molar-refractivity contribution >= 4 is 5.91 Å². The molecule has 1 N–H and O–H groups in total. The summed E-state index contributed by atoms with van der Waals surface area (Å²) in [5, 5.41) is 3.23. The minimum Gasteiger partial charge on any atom is -0.349 e. The maximum absolute atomic E-state index is 13.8. The third-order valence-corrected chi connectivity index (χ3v) is 7.74. The van der Waals surface area contributed by atoms with Crippen LogP contribution >= 0.6 is 0 Å². The number of carbonyl (C=O) groups excluding carboxylic acids is 1. The van der Waals surface area contributed by atoms with Crippen molar-refractivity contribution < 1.29 is 9.18 Å². The fourth-order valence-electron chi connectivity index (χ4n) is 7.69. The zero-order chi connectivity index (χ0) is 13.9. The Hall–Kier alpha value is -1.38. The molecule has 0 saturated heterocycles. The first-order chi connectivity index (χ1) is 10.3. The summed E-state index contributed by atoms with van der Waals surface area (Å²) in [5.74, 6) is 6.29. The lowest BCUT2D eigenvalue weighted by Gasteiger charge is -2.33. The number of benzene rings is 1. The van der Waals surface area contributed by atoms with Gasteiger partial charge in [0.1, 0.15) is 5.82 Å². The van der Waals surface area contributed by atoms with Crippen LogP contribution in [0.15, 0.2) is 24.3 Å². The molecule has 2 nitrogen and oxygen atoms in total. The van der Waals surface area contributed by atoms with E-state index in [1.54, 1.807) is 18.2 Å². The van der Waals surface area contributed by atoms with Gasteiger partial charge in [-0.25, -0.2) is 4.39 Å². The van der Waals surface area contributed by atoms with Crippen LogP contribution < -0.4 is 5.32 Å². The van der Waals surface area contributed by atoms with E-state index in [-0.39, 0.29) is 11.5 Å². The normalized spacial score (nSPS) is 53.3. The van der Waals surface area contributed by atoms with Gasteiger partial charge in [-0.1, -0.05) is 12.1 Å². The van der Waals surface area contributed by atoms with Gasteiger partial charge >= 0.3 is 0 Å². The summed E-state index contributed by atoms with van der Waals surface area (Å²) < 4.78 is 13.8. The van der Waals surface area contributed by atoms with Gasteiger partial charge in [-0.3, -0.25) is 4.79 Å². The third-order valence-electron chi connectivity index (χ3n) is 7.74. The summed E-state index contributed by atoms with van der Waals surface area (Å²) in [5.41, 5.74) is 0.204. The Labute approximate surface area is 123 Å². The lowest BCUT2D eigenvalue weighted by Crippen LogP contribution is -2.39. The Morgan fingerprint density at radius 1 is 0.952 bits per heavy atom. The van der Waals surface area contributed by atoms with Crippen LogP contribution in [0.5, 0.6) is 0 Å². The van der Waals surface area contributed by atoms with Crippen molar-refractivity contribution in [2.45, 2.75) is 18.9 Å². The van der Waals surface area contributed by atoms with Crippen molar-refractivity contribution in [1.82, 2.24) is 5.32 Å². The second-order valence-corrected chi connectivity index (χ2v) is 7.92. The van der Waals surface area contributed by atoms with E-state index in [2.05, 4.69) is 5.32 Å². The largest absolute Gasteiger partial charge is 0.349 e. The minimum atomic E-state index is -0.406. The molecule has 0 radical (unpaired) electrons. The van der Waals surface area contributed by atoms with Crippen molar-refractivity contribution in [2.75, 3.05) is 0 Å². The Kier molecular flexibility index (Phi) is 1.78. The van der Waals surface area contributed by atoms with E-state index in [0.717, 1.165) is 35.5 Å². The topological polar surface area (TPSA) is 29.1 Å². The zero-order valence-corrected chi connectivity index (χ0v) is 11.7. The summed E-state index contributed by atoms with van der Waals surface area (Å²) in [6, 6.07) is 6.67. The van der Waals surface area contributed by atoms with Gasteiger partial charge < -0.3 is 5.32 Å². The first-order valence-electron chi connectivity index (χ1n) is 8.31. The second kappa shape index (κ2) is 3.34. The quantitative estimate of drug-likeness (QED) is 0.888. The van der Waals surface area contributed by atoms with Gasteiger partial charge in [-0.15, -0.1) is 0 Å². The summed E-state index contributed by atoms with van der Waals surface area (Å²) in [6.07, 6.45) is 2.84. The maximum atomic E-state index is 13.8. The molecule has 8 atom stereocenters. The van der Waals surface area contributed by atoms with Crippen LogP contribution in [0.3, 0.4) is 0 Å². The Morgan fingerprint density at radius 3 is 2.19 bits per heavy atom. The lowest BCUT2D eigenvalue weighted by atomic mass is 9.71. The molecule has 0 spiro atoms. The van der Waals surface area contributed by atoms with Gasteiger partial charge in [0.15, 0.2) is 0 Å². The van der Waals surface area contributed by atoms with E-state index in [0.29, 0.717) is 17.9 Å². The van der Waals surface area contributed by atoms with E-state index in [1.165, 1.54) is 18.9 Å². The van der Waals surface area contributed by atoms with E-state index >= 15 is 0 Å². The molecule has 21 heavy (non-hydrogen) atoms. The molecular formula is C18H18FNO. The van der Waals surface area contributed by atoms with Crippen LogP contribution in [0.1, 0.15) is 23.2 Å². The van der Waals surface area contributed by atoms with Crippen LogP contribution in [0.25, 0.3) is 0 Å². The molecule has 6 bridgehead atoms. The van der Waals surface area contributed by atoms with Crippen molar-refractivity contribution in [2.24, 2.45) is 47.3 Å². The summed E-state index contributed by atoms with van der Waals surface area (Å²) in [6.45, 7) is 0. The molecule has 6 aliphatic rings. The highest BCUT2D eigenvalue weighted by molar-refractivity contribution is 5.94. The molecule has 108 valence electrons. The molecular weight excluding hydrogens is 265 g/mol. The molecule has 8 unspecified atom stereocenters. The zero-order valence-electron chi connectivity index (χ0n) is 11.7. The minimum absolute atomic E-state index is 0.203. The fourth-order valence-corrected chi connectivity index (χ4v) is 7.69. The molecule has 1 aromatic carbocycles. The smallest absolute Gasteiger partial charge is 0.254 e. The number of hydrogen-bond acceptors (Lipinski definition) is 1. The average molecular weight is 283 g/mol. The predicted octanol–water partition coefficient (Wildman–Crippen LogP) is 2.70. The van der Waals surface area contributed by atoms with Crippen molar-refractivity contribution in [3.8, 4) is 0 Å². The summed E-state index contributed by atoms with van der Waals surface area (Å²) >= 11 is 0. The van der Waals surface area contributed by atoms with Gasteiger partial charge in [0.2, 0.25) is 0 Å². The third kappa shape index (κ3) is 1.06. The Bertz CT molecular complexity index is 645. The SMILES string of the molecule is O=C(NC1C2C3CC4C5CC(C42)C1C53)c1ccccc1F. The predicted molar refractivity (Wildman–Crippen MR) is 74.8 cm³/mol. The Balaban J connectivity index is 1.33. The van der Waals surface area contributed by atoms with E-state index < -0.39 is 5.82 Å². The average Bonchev–Trinajstić information content (AvgIpc) is 3.18. The van der Waals surface area contributed by atoms with Gasteiger partial charge in [0, 0.05) is 6.04 Å². The van der Waals surface area contributed by atoms with Gasteiger partial charge in [-0.2, -0.15) is 0 Å². The molecule has 3 heteroatoms. The highest BCUT2D eigenvalue weighted by Gasteiger charge is 2.80. The number of amides is 1. The van der Waals surface area contributed by atoms with Crippen molar-refractivity contribution in [1.29, 1.82) is 0 Å². The number of nitrogens with one attached hydrogen (secondary N) is 1. The van der Waals surface area contributed by atoms with Crippen LogP contribution in [0.2, 0.25) is 0 Å².